The van der Waals surface area contributed by atoms with Gasteiger partial charge < -0.3 is 5.32 Å². The SMILES string of the molecule is Cc1ccc(S(=O)(=O)N2CCC[C@H](c3nnc(C(=O)Nc4ccccc4C)s3)C2)c(C)c1. The van der Waals surface area contributed by atoms with Crippen LogP contribution in [0.15, 0.2) is 47.4 Å². The zero-order valence-electron chi connectivity index (χ0n) is 18.3. The predicted molar refractivity (Wildman–Crippen MR) is 126 cm³/mol. The molecule has 2 heterocycles. The molecule has 7 nitrogen and oxygen atoms in total. The van der Waals surface area contributed by atoms with E-state index in [4.69, 9.17) is 0 Å². The minimum atomic E-state index is -3.59. The van der Waals surface area contributed by atoms with Gasteiger partial charge >= 0.3 is 0 Å². The summed E-state index contributed by atoms with van der Waals surface area (Å²) in [5.41, 5.74) is 3.48. The molecule has 1 saturated heterocycles. The number of hydrogen-bond acceptors (Lipinski definition) is 6. The highest BCUT2D eigenvalue weighted by atomic mass is 32.2. The molecule has 0 saturated carbocycles. The summed E-state index contributed by atoms with van der Waals surface area (Å²) in [4.78, 5) is 13.0. The third-order valence-electron chi connectivity index (χ3n) is 5.71. The van der Waals surface area contributed by atoms with Crippen molar-refractivity contribution < 1.29 is 13.2 Å². The molecular formula is C23H26N4O3S2. The van der Waals surface area contributed by atoms with Crippen molar-refractivity contribution >= 4 is 33.0 Å². The zero-order valence-corrected chi connectivity index (χ0v) is 20.0. The number of anilines is 1. The number of benzene rings is 2. The van der Waals surface area contributed by atoms with Crippen LogP contribution in [0.4, 0.5) is 5.69 Å². The fraction of sp³-hybridized carbons (Fsp3) is 0.348. The monoisotopic (exact) mass is 470 g/mol. The van der Waals surface area contributed by atoms with Gasteiger partial charge in [-0.15, -0.1) is 10.2 Å². The number of rotatable bonds is 5. The highest BCUT2D eigenvalue weighted by molar-refractivity contribution is 7.89. The standard InChI is InChI=1S/C23H26N4O3S2/c1-15-10-11-20(17(3)13-15)32(29,30)27-12-6-8-18(14-27)22-25-26-23(31-22)21(28)24-19-9-5-4-7-16(19)2/h4-5,7,9-11,13,18H,6,8,12,14H2,1-3H3,(H,24,28)/t18-/m0/s1. The Labute approximate surface area is 192 Å². The molecule has 1 aliphatic rings. The van der Waals surface area contributed by atoms with E-state index >= 15 is 0 Å². The van der Waals surface area contributed by atoms with Crippen molar-refractivity contribution in [2.24, 2.45) is 0 Å². The molecule has 0 bridgehead atoms. The van der Waals surface area contributed by atoms with Gasteiger partial charge in [0, 0.05) is 24.7 Å². The smallest absolute Gasteiger partial charge is 0.286 e. The largest absolute Gasteiger partial charge is 0.320 e. The minimum absolute atomic E-state index is 0.0817. The second kappa shape index (κ2) is 9.09. The second-order valence-corrected chi connectivity index (χ2v) is 11.1. The Hall–Kier alpha value is -2.62. The molecule has 1 aromatic heterocycles. The minimum Gasteiger partial charge on any atom is -0.320 e. The van der Waals surface area contributed by atoms with Gasteiger partial charge in [-0.3, -0.25) is 4.79 Å². The third kappa shape index (κ3) is 4.60. The number of hydrogen-bond donors (Lipinski definition) is 1. The number of nitrogens with zero attached hydrogens (tertiary/aromatic N) is 3. The lowest BCUT2D eigenvalue weighted by atomic mass is 10.0. The first-order valence-corrected chi connectivity index (χ1v) is 12.8. The molecule has 1 aliphatic heterocycles. The van der Waals surface area contributed by atoms with E-state index < -0.39 is 10.0 Å². The lowest BCUT2D eigenvalue weighted by Crippen LogP contribution is -2.39. The Balaban J connectivity index is 1.50. The van der Waals surface area contributed by atoms with E-state index in [1.54, 1.807) is 6.07 Å². The van der Waals surface area contributed by atoms with E-state index in [2.05, 4.69) is 15.5 Å². The van der Waals surface area contributed by atoms with Gasteiger partial charge in [0.25, 0.3) is 5.91 Å². The van der Waals surface area contributed by atoms with Crippen molar-refractivity contribution in [2.45, 2.75) is 44.4 Å². The first-order chi connectivity index (χ1) is 15.3. The summed E-state index contributed by atoms with van der Waals surface area (Å²) in [6, 6.07) is 12.9. The average Bonchev–Trinajstić information content (AvgIpc) is 3.26. The lowest BCUT2D eigenvalue weighted by Gasteiger charge is -2.31. The highest BCUT2D eigenvalue weighted by Gasteiger charge is 2.33. The molecular weight excluding hydrogens is 444 g/mol. The number of carbonyl (C=O) groups excluding carboxylic acids is 1. The summed E-state index contributed by atoms with van der Waals surface area (Å²) in [7, 11) is -3.59. The van der Waals surface area contributed by atoms with Gasteiger partial charge in [-0.05, 0) is 56.9 Å². The van der Waals surface area contributed by atoms with Gasteiger partial charge in [0.15, 0.2) is 0 Å². The summed E-state index contributed by atoms with van der Waals surface area (Å²) >= 11 is 1.23. The van der Waals surface area contributed by atoms with Gasteiger partial charge in [-0.25, -0.2) is 8.42 Å². The molecule has 32 heavy (non-hydrogen) atoms. The van der Waals surface area contributed by atoms with E-state index in [9.17, 15) is 13.2 Å². The van der Waals surface area contributed by atoms with Gasteiger partial charge in [-0.2, -0.15) is 4.31 Å². The fourth-order valence-corrected chi connectivity index (χ4v) is 6.56. The fourth-order valence-electron chi connectivity index (χ4n) is 3.97. The Bertz CT molecular complexity index is 1250. The predicted octanol–water partition coefficient (Wildman–Crippen LogP) is 4.28. The number of amides is 1. The third-order valence-corrected chi connectivity index (χ3v) is 8.82. The van der Waals surface area contributed by atoms with Crippen LogP contribution in [-0.4, -0.2) is 41.9 Å². The van der Waals surface area contributed by atoms with Crippen LogP contribution in [-0.2, 0) is 10.0 Å². The molecule has 4 rings (SSSR count). The van der Waals surface area contributed by atoms with Crippen LogP contribution < -0.4 is 5.32 Å². The lowest BCUT2D eigenvalue weighted by molar-refractivity contribution is 0.102. The quantitative estimate of drug-likeness (QED) is 0.601. The van der Waals surface area contributed by atoms with E-state index in [1.165, 1.54) is 15.6 Å². The Morgan fingerprint density at radius 3 is 2.62 bits per heavy atom. The molecule has 1 amide bonds. The second-order valence-electron chi connectivity index (χ2n) is 8.19. The molecule has 168 valence electrons. The molecule has 9 heteroatoms. The Morgan fingerprint density at radius 1 is 1.09 bits per heavy atom. The van der Waals surface area contributed by atoms with Crippen molar-refractivity contribution in [2.75, 3.05) is 18.4 Å². The van der Waals surface area contributed by atoms with Gasteiger partial charge in [0.2, 0.25) is 15.0 Å². The molecule has 0 radical (unpaired) electrons. The van der Waals surface area contributed by atoms with Crippen molar-refractivity contribution in [3.63, 3.8) is 0 Å². The Kier molecular flexibility index (Phi) is 6.41. The van der Waals surface area contributed by atoms with Gasteiger partial charge in [0.1, 0.15) is 5.01 Å². The molecule has 1 fully saturated rings. The number of aromatic nitrogens is 2. The summed E-state index contributed by atoms with van der Waals surface area (Å²) in [6.07, 6.45) is 1.55. The van der Waals surface area contributed by atoms with Crippen molar-refractivity contribution in [1.82, 2.24) is 14.5 Å². The number of aryl methyl sites for hydroxylation is 3. The maximum atomic E-state index is 13.3. The average molecular weight is 471 g/mol. The van der Waals surface area contributed by atoms with Crippen LogP contribution in [0.1, 0.15) is 50.3 Å². The number of sulfonamides is 1. The number of para-hydroxylation sites is 1. The summed E-state index contributed by atoms with van der Waals surface area (Å²) in [6.45, 7) is 6.51. The van der Waals surface area contributed by atoms with E-state index in [0.29, 0.717) is 23.0 Å². The molecule has 3 aromatic rings. The normalized spacial score (nSPS) is 17.3. The van der Waals surface area contributed by atoms with E-state index in [0.717, 1.165) is 35.2 Å². The summed E-state index contributed by atoms with van der Waals surface area (Å²) < 4.78 is 28.1. The molecule has 1 atom stereocenters. The van der Waals surface area contributed by atoms with Crippen LogP contribution in [0.2, 0.25) is 0 Å². The molecule has 0 aliphatic carbocycles. The molecule has 1 N–H and O–H groups in total. The first-order valence-electron chi connectivity index (χ1n) is 10.5. The van der Waals surface area contributed by atoms with Gasteiger partial charge in [-0.1, -0.05) is 47.2 Å². The summed E-state index contributed by atoms with van der Waals surface area (Å²) in [5.74, 6) is -0.389. The number of carbonyl (C=O) groups is 1. The van der Waals surface area contributed by atoms with Gasteiger partial charge in [0.05, 0.1) is 4.90 Å². The molecule has 0 unspecified atom stereocenters. The van der Waals surface area contributed by atoms with Crippen LogP contribution in [0.5, 0.6) is 0 Å². The maximum absolute atomic E-state index is 13.3. The zero-order chi connectivity index (χ0) is 22.9. The van der Waals surface area contributed by atoms with E-state index in [1.807, 2.05) is 57.2 Å². The van der Waals surface area contributed by atoms with Crippen LogP contribution >= 0.6 is 11.3 Å². The number of piperidine rings is 1. The van der Waals surface area contributed by atoms with Crippen molar-refractivity contribution in [3.8, 4) is 0 Å². The van der Waals surface area contributed by atoms with Crippen LogP contribution in [0.25, 0.3) is 0 Å². The van der Waals surface area contributed by atoms with Crippen molar-refractivity contribution in [1.29, 1.82) is 0 Å². The van der Waals surface area contributed by atoms with Crippen LogP contribution in [0.3, 0.4) is 0 Å². The van der Waals surface area contributed by atoms with Crippen LogP contribution in [0, 0.1) is 20.8 Å². The maximum Gasteiger partial charge on any atom is 0.286 e. The summed E-state index contributed by atoms with van der Waals surface area (Å²) in [5, 5.41) is 12.1. The molecule has 2 aromatic carbocycles. The Morgan fingerprint density at radius 2 is 1.88 bits per heavy atom. The number of nitrogens with one attached hydrogen (secondary N) is 1. The topological polar surface area (TPSA) is 92.3 Å². The first kappa shape index (κ1) is 22.6. The van der Waals surface area contributed by atoms with E-state index in [-0.39, 0.29) is 16.8 Å². The van der Waals surface area contributed by atoms with Crippen molar-refractivity contribution in [3.05, 3.63) is 69.2 Å². The molecule has 0 spiro atoms. The highest BCUT2D eigenvalue weighted by Crippen LogP contribution is 2.33.